The Morgan fingerprint density at radius 1 is 0.975 bits per heavy atom. The second-order valence-corrected chi connectivity index (χ2v) is 11.6. The largest absolute Gasteiger partial charge is 0.494 e. The topological polar surface area (TPSA) is 96.0 Å². The molecule has 0 heterocycles. The van der Waals surface area contributed by atoms with Crippen LogP contribution < -0.4 is 14.4 Å². The molecule has 0 saturated heterocycles. The molecule has 1 unspecified atom stereocenters. The maximum atomic E-state index is 13.9. The molecule has 0 bridgehead atoms. The van der Waals surface area contributed by atoms with Crippen molar-refractivity contribution in [3.63, 3.8) is 0 Å². The van der Waals surface area contributed by atoms with E-state index in [1.165, 1.54) is 17.0 Å². The molecule has 0 aliphatic heterocycles. The fourth-order valence-electron chi connectivity index (χ4n) is 4.03. The summed E-state index contributed by atoms with van der Waals surface area (Å²) in [6.45, 7) is 7.68. The number of rotatable bonds is 13. The van der Waals surface area contributed by atoms with E-state index in [0.29, 0.717) is 29.5 Å². The third-order valence-corrected chi connectivity index (χ3v) is 8.50. The first-order valence-electron chi connectivity index (χ1n) is 13.2. The van der Waals surface area contributed by atoms with Gasteiger partial charge in [-0.25, -0.2) is 8.42 Å². The summed E-state index contributed by atoms with van der Waals surface area (Å²) < 4.78 is 34.4. The summed E-state index contributed by atoms with van der Waals surface area (Å²) >= 11 is 6.39. The van der Waals surface area contributed by atoms with Gasteiger partial charge < -0.3 is 15.0 Å². The minimum absolute atomic E-state index is 0.0287. The molecule has 0 aromatic heterocycles. The lowest BCUT2D eigenvalue weighted by atomic mass is 10.1. The molecule has 3 aromatic carbocycles. The van der Waals surface area contributed by atoms with Crippen LogP contribution in [0, 0.1) is 6.92 Å². The fraction of sp³-hybridized carbons (Fsp3) is 0.333. The summed E-state index contributed by atoms with van der Waals surface area (Å²) in [5.41, 5.74) is 1.83. The van der Waals surface area contributed by atoms with Crippen molar-refractivity contribution in [2.45, 2.75) is 51.6 Å². The van der Waals surface area contributed by atoms with Crippen molar-refractivity contribution in [3.8, 4) is 5.75 Å². The molecule has 8 nitrogen and oxygen atoms in total. The molecule has 3 aromatic rings. The van der Waals surface area contributed by atoms with E-state index in [1.54, 1.807) is 67.6 Å². The van der Waals surface area contributed by atoms with Crippen LogP contribution in [0.25, 0.3) is 0 Å². The van der Waals surface area contributed by atoms with Gasteiger partial charge >= 0.3 is 0 Å². The van der Waals surface area contributed by atoms with Gasteiger partial charge in [-0.2, -0.15) is 0 Å². The number of halogens is 1. The average molecular weight is 586 g/mol. The minimum atomic E-state index is -4.15. The molecule has 1 N–H and O–H groups in total. The van der Waals surface area contributed by atoms with Crippen LogP contribution in [-0.4, -0.2) is 50.9 Å². The maximum absolute atomic E-state index is 13.9. The van der Waals surface area contributed by atoms with Crippen molar-refractivity contribution < 1.29 is 22.7 Å². The van der Waals surface area contributed by atoms with Crippen molar-refractivity contribution in [2.24, 2.45) is 0 Å². The van der Waals surface area contributed by atoms with Gasteiger partial charge in [-0.1, -0.05) is 54.4 Å². The Hall–Kier alpha value is -3.56. The van der Waals surface area contributed by atoms with Crippen LogP contribution in [0.5, 0.6) is 5.75 Å². The lowest BCUT2D eigenvalue weighted by Gasteiger charge is -2.32. The second-order valence-electron chi connectivity index (χ2n) is 9.33. The highest BCUT2D eigenvalue weighted by atomic mass is 35.5. The molecule has 214 valence electrons. The highest BCUT2D eigenvalue weighted by molar-refractivity contribution is 7.92. The van der Waals surface area contributed by atoms with Gasteiger partial charge in [-0.05, 0) is 75.2 Å². The Kier molecular flexibility index (Phi) is 11.0. The number of sulfonamides is 1. The Balaban J connectivity index is 2.03. The highest BCUT2D eigenvalue weighted by Crippen LogP contribution is 2.27. The number of anilines is 1. The van der Waals surface area contributed by atoms with E-state index in [9.17, 15) is 18.0 Å². The highest BCUT2D eigenvalue weighted by Gasteiger charge is 2.32. The standard InChI is InChI=1S/C30H36ClN3O5S/c1-5-19-32-30(36)23(4)33(20-24-9-7-8-10-28(24)31)29(35)21-34(25-13-15-26(16-14-25)39-6-2)40(37,38)27-17-11-22(3)12-18-27/h7-18,23H,5-6,19-21H2,1-4H3,(H,32,36). The van der Waals surface area contributed by atoms with E-state index in [-0.39, 0.29) is 23.0 Å². The number of carbonyl (C=O) groups excluding carboxylic acids is 2. The van der Waals surface area contributed by atoms with Gasteiger partial charge in [-0.15, -0.1) is 0 Å². The number of hydrogen-bond acceptors (Lipinski definition) is 5. The van der Waals surface area contributed by atoms with Crippen molar-refractivity contribution in [2.75, 3.05) is 24.0 Å². The van der Waals surface area contributed by atoms with Gasteiger partial charge in [0.15, 0.2) is 0 Å². The van der Waals surface area contributed by atoms with E-state index in [2.05, 4.69) is 5.32 Å². The Labute approximate surface area is 241 Å². The van der Waals surface area contributed by atoms with Crippen molar-refractivity contribution in [1.82, 2.24) is 10.2 Å². The molecule has 0 aliphatic rings. The van der Waals surface area contributed by atoms with E-state index < -0.39 is 28.5 Å². The van der Waals surface area contributed by atoms with Gasteiger partial charge in [-0.3, -0.25) is 13.9 Å². The lowest BCUT2D eigenvalue weighted by Crippen LogP contribution is -2.51. The molecule has 0 spiro atoms. The zero-order valence-corrected chi connectivity index (χ0v) is 24.8. The molecule has 3 rings (SSSR count). The van der Waals surface area contributed by atoms with Crippen LogP contribution in [0.4, 0.5) is 5.69 Å². The summed E-state index contributed by atoms with van der Waals surface area (Å²) in [6, 6.07) is 19.1. The second kappa shape index (κ2) is 14.2. The summed E-state index contributed by atoms with van der Waals surface area (Å²) in [5.74, 6) is -0.313. The van der Waals surface area contributed by atoms with Gasteiger partial charge in [0.05, 0.1) is 17.2 Å². The van der Waals surface area contributed by atoms with E-state index in [1.807, 2.05) is 20.8 Å². The number of nitrogens with zero attached hydrogens (tertiary/aromatic N) is 2. The summed E-state index contributed by atoms with van der Waals surface area (Å²) in [6.07, 6.45) is 0.733. The van der Waals surface area contributed by atoms with Crippen molar-refractivity contribution in [1.29, 1.82) is 0 Å². The van der Waals surface area contributed by atoms with Crippen molar-refractivity contribution in [3.05, 3.63) is 88.9 Å². The number of hydrogen-bond donors (Lipinski definition) is 1. The minimum Gasteiger partial charge on any atom is -0.494 e. The predicted molar refractivity (Wildman–Crippen MR) is 158 cm³/mol. The third kappa shape index (κ3) is 7.76. The molecule has 2 amide bonds. The maximum Gasteiger partial charge on any atom is 0.264 e. The number of amides is 2. The number of aryl methyl sites for hydroxylation is 1. The first-order chi connectivity index (χ1) is 19.1. The molecular formula is C30H36ClN3O5S. The van der Waals surface area contributed by atoms with Crippen LogP contribution >= 0.6 is 11.6 Å². The van der Waals surface area contributed by atoms with Gasteiger partial charge in [0.25, 0.3) is 10.0 Å². The zero-order chi connectivity index (χ0) is 29.3. The van der Waals surface area contributed by atoms with Gasteiger partial charge in [0, 0.05) is 18.1 Å². The number of nitrogens with one attached hydrogen (secondary N) is 1. The SMILES string of the molecule is CCCNC(=O)C(C)N(Cc1ccccc1Cl)C(=O)CN(c1ccc(OCC)cc1)S(=O)(=O)c1ccc(C)cc1. The van der Waals surface area contributed by atoms with E-state index in [4.69, 9.17) is 16.3 Å². The van der Waals surface area contributed by atoms with Crippen LogP contribution in [-0.2, 0) is 26.2 Å². The first kappa shape index (κ1) is 31.0. The molecule has 40 heavy (non-hydrogen) atoms. The smallest absolute Gasteiger partial charge is 0.264 e. The number of carbonyl (C=O) groups is 2. The van der Waals surface area contributed by atoms with Gasteiger partial charge in [0.2, 0.25) is 11.8 Å². The van der Waals surface area contributed by atoms with Crippen molar-refractivity contribution >= 4 is 39.1 Å². The molecule has 10 heteroatoms. The zero-order valence-electron chi connectivity index (χ0n) is 23.3. The molecule has 0 radical (unpaired) electrons. The van der Waals surface area contributed by atoms with Gasteiger partial charge in [0.1, 0.15) is 18.3 Å². The third-order valence-electron chi connectivity index (χ3n) is 6.34. The predicted octanol–water partition coefficient (Wildman–Crippen LogP) is 5.19. The molecular weight excluding hydrogens is 550 g/mol. The average Bonchev–Trinajstić information content (AvgIpc) is 2.94. The molecule has 1 atom stereocenters. The van der Waals surface area contributed by atoms with E-state index in [0.717, 1.165) is 16.3 Å². The Bertz CT molecular complexity index is 1400. The number of benzene rings is 3. The Morgan fingerprint density at radius 3 is 2.23 bits per heavy atom. The van der Waals surface area contributed by atoms with Crippen LogP contribution in [0.2, 0.25) is 5.02 Å². The summed E-state index contributed by atoms with van der Waals surface area (Å²) in [4.78, 5) is 28.3. The summed E-state index contributed by atoms with van der Waals surface area (Å²) in [7, 11) is -4.15. The van der Waals surface area contributed by atoms with Crippen LogP contribution in [0.15, 0.2) is 77.7 Å². The molecule has 0 aliphatic carbocycles. The van der Waals surface area contributed by atoms with Crippen LogP contribution in [0.3, 0.4) is 0 Å². The first-order valence-corrected chi connectivity index (χ1v) is 15.0. The number of ether oxygens (including phenoxy) is 1. The van der Waals surface area contributed by atoms with Crippen LogP contribution in [0.1, 0.15) is 38.3 Å². The Morgan fingerprint density at radius 2 is 1.62 bits per heavy atom. The monoisotopic (exact) mass is 585 g/mol. The quantitative estimate of drug-likeness (QED) is 0.298. The molecule has 0 fully saturated rings. The lowest BCUT2D eigenvalue weighted by molar-refractivity contribution is -0.139. The normalized spacial score (nSPS) is 11.9. The van der Waals surface area contributed by atoms with E-state index >= 15 is 0 Å². The molecule has 0 saturated carbocycles. The fourth-order valence-corrected chi connectivity index (χ4v) is 5.64. The summed E-state index contributed by atoms with van der Waals surface area (Å²) in [5, 5.41) is 3.26.